The molecule has 3 aromatic rings. The molecule has 2 heterocycles. The number of nitrogens with one attached hydrogen (secondary N) is 1. The fourth-order valence-electron chi connectivity index (χ4n) is 3.20. The Morgan fingerprint density at radius 1 is 1.31 bits per heavy atom. The smallest absolute Gasteiger partial charge is 0.250 e. The van der Waals surface area contributed by atoms with Crippen LogP contribution in [0.1, 0.15) is 33.8 Å². The van der Waals surface area contributed by atoms with Crippen LogP contribution in [0, 0.1) is 32.1 Å². The Labute approximate surface area is 191 Å². The zero-order valence-electron chi connectivity index (χ0n) is 18.4. The summed E-state index contributed by atoms with van der Waals surface area (Å²) in [5, 5.41) is 18.7. The van der Waals surface area contributed by atoms with E-state index < -0.39 is 0 Å². The molecule has 8 nitrogen and oxygen atoms in total. The van der Waals surface area contributed by atoms with Crippen LogP contribution in [0.5, 0.6) is 0 Å². The van der Waals surface area contributed by atoms with Gasteiger partial charge in [0.15, 0.2) is 0 Å². The molecule has 3 rings (SSSR count). The van der Waals surface area contributed by atoms with Crippen LogP contribution in [-0.2, 0) is 16.1 Å². The SMILES string of the molecule is COCc1cc(C)nc(SCC(=O)N/N=C/c2c(C)nn(-c3ccccc3)c2C)c1C#N. The summed E-state index contributed by atoms with van der Waals surface area (Å²) in [6.07, 6.45) is 1.60. The summed E-state index contributed by atoms with van der Waals surface area (Å²) in [6, 6.07) is 13.8. The summed E-state index contributed by atoms with van der Waals surface area (Å²) in [5.74, 6) is -0.214. The van der Waals surface area contributed by atoms with Crippen molar-refractivity contribution in [2.24, 2.45) is 5.10 Å². The Morgan fingerprint density at radius 2 is 2.06 bits per heavy atom. The second-order valence-corrected chi connectivity index (χ2v) is 8.03. The molecule has 0 atom stereocenters. The fraction of sp³-hybridized carbons (Fsp3) is 0.261. The van der Waals surface area contributed by atoms with E-state index in [0.717, 1.165) is 33.9 Å². The van der Waals surface area contributed by atoms with Crippen LogP contribution in [0.4, 0.5) is 0 Å². The number of benzene rings is 1. The van der Waals surface area contributed by atoms with E-state index in [2.05, 4.69) is 26.7 Å². The lowest BCUT2D eigenvalue weighted by Crippen LogP contribution is -2.20. The van der Waals surface area contributed by atoms with E-state index in [-0.39, 0.29) is 11.7 Å². The van der Waals surface area contributed by atoms with Gasteiger partial charge in [-0.05, 0) is 44.5 Å². The molecule has 164 valence electrons. The molecule has 0 saturated carbocycles. The molecule has 0 fully saturated rings. The lowest BCUT2D eigenvalue weighted by molar-refractivity contribution is -0.118. The molecule has 1 amide bonds. The second kappa shape index (κ2) is 10.7. The van der Waals surface area contributed by atoms with E-state index in [1.165, 1.54) is 11.8 Å². The third-order valence-electron chi connectivity index (χ3n) is 4.68. The highest BCUT2D eigenvalue weighted by Gasteiger charge is 2.14. The molecule has 1 N–H and O–H groups in total. The minimum absolute atomic E-state index is 0.0795. The topological polar surface area (TPSA) is 105 Å². The molecule has 0 aliphatic rings. The van der Waals surface area contributed by atoms with Gasteiger partial charge in [0.1, 0.15) is 11.1 Å². The van der Waals surface area contributed by atoms with Gasteiger partial charge in [0.2, 0.25) is 5.91 Å². The maximum absolute atomic E-state index is 12.3. The summed E-state index contributed by atoms with van der Waals surface area (Å²) >= 11 is 1.20. The van der Waals surface area contributed by atoms with Gasteiger partial charge in [0.05, 0.1) is 41.2 Å². The van der Waals surface area contributed by atoms with Crippen molar-refractivity contribution in [3.63, 3.8) is 0 Å². The molecule has 0 unspecified atom stereocenters. The quantitative estimate of drug-likeness (QED) is 0.321. The molecule has 0 saturated heterocycles. The number of hydrazone groups is 1. The summed E-state index contributed by atoms with van der Waals surface area (Å²) < 4.78 is 7.00. The van der Waals surface area contributed by atoms with Crippen molar-refractivity contribution < 1.29 is 9.53 Å². The highest BCUT2D eigenvalue weighted by Crippen LogP contribution is 2.24. The number of aryl methyl sites for hydroxylation is 2. The number of ether oxygens (including phenoxy) is 1. The normalized spacial score (nSPS) is 11.0. The number of amides is 1. The Kier molecular flexibility index (Phi) is 7.76. The highest BCUT2D eigenvalue weighted by atomic mass is 32.2. The summed E-state index contributed by atoms with van der Waals surface area (Å²) in [4.78, 5) is 16.7. The van der Waals surface area contributed by atoms with E-state index in [1.54, 1.807) is 13.3 Å². The summed E-state index contributed by atoms with van der Waals surface area (Å²) in [7, 11) is 1.57. The number of nitriles is 1. The van der Waals surface area contributed by atoms with Crippen molar-refractivity contribution in [1.29, 1.82) is 5.26 Å². The van der Waals surface area contributed by atoms with Crippen LogP contribution in [0.3, 0.4) is 0 Å². The first-order valence-corrected chi connectivity index (χ1v) is 10.9. The molecule has 9 heteroatoms. The largest absolute Gasteiger partial charge is 0.380 e. The van der Waals surface area contributed by atoms with Crippen LogP contribution >= 0.6 is 11.8 Å². The molecule has 2 aromatic heterocycles. The van der Waals surface area contributed by atoms with Crippen LogP contribution in [-0.4, -0.2) is 39.7 Å². The van der Waals surface area contributed by atoms with Gasteiger partial charge in [-0.25, -0.2) is 15.1 Å². The van der Waals surface area contributed by atoms with E-state index in [9.17, 15) is 10.1 Å². The zero-order chi connectivity index (χ0) is 23.1. The lowest BCUT2D eigenvalue weighted by atomic mass is 10.1. The number of hydrogen-bond acceptors (Lipinski definition) is 7. The maximum atomic E-state index is 12.3. The first-order valence-electron chi connectivity index (χ1n) is 9.90. The number of para-hydroxylation sites is 1. The Hall–Kier alpha value is -3.48. The van der Waals surface area contributed by atoms with Gasteiger partial charge in [0.25, 0.3) is 0 Å². The summed E-state index contributed by atoms with van der Waals surface area (Å²) in [5.41, 5.74) is 8.02. The molecule has 0 radical (unpaired) electrons. The highest BCUT2D eigenvalue weighted by molar-refractivity contribution is 8.00. The maximum Gasteiger partial charge on any atom is 0.250 e. The molecule has 0 bridgehead atoms. The number of carbonyl (C=O) groups is 1. The molecular weight excluding hydrogens is 424 g/mol. The Bertz CT molecular complexity index is 1180. The van der Waals surface area contributed by atoms with Crippen molar-refractivity contribution in [2.75, 3.05) is 12.9 Å². The van der Waals surface area contributed by atoms with Crippen molar-refractivity contribution in [2.45, 2.75) is 32.4 Å². The lowest BCUT2D eigenvalue weighted by Gasteiger charge is -2.09. The van der Waals surface area contributed by atoms with E-state index in [0.29, 0.717) is 17.2 Å². The Balaban J connectivity index is 1.65. The second-order valence-electron chi connectivity index (χ2n) is 7.06. The van der Waals surface area contributed by atoms with Gasteiger partial charge >= 0.3 is 0 Å². The number of rotatable bonds is 8. The Morgan fingerprint density at radius 3 is 2.75 bits per heavy atom. The van der Waals surface area contributed by atoms with Gasteiger partial charge in [0, 0.05) is 18.4 Å². The molecule has 1 aromatic carbocycles. The number of thioether (sulfide) groups is 1. The van der Waals surface area contributed by atoms with E-state index in [4.69, 9.17) is 4.74 Å². The third kappa shape index (κ3) is 5.41. The van der Waals surface area contributed by atoms with Crippen LogP contribution in [0.2, 0.25) is 0 Å². The number of aromatic nitrogens is 3. The zero-order valence-corrected chi connectivity index (χ0v) is 19.2. The van der Waals surface area contributed by atoms with Gasteiger partial charge in [-0.15, -0.1) is 0 Å². The number of hydrogen-bond donors (Lipinski definition) is 1. The third-order valence-corrected chi connectivity index (χ3v) is 5.65. The number of nitrogens with zero attached hydrogens (tertiary/aromatic N) is 5. The average molecular weight is 449 g/mol. The first kappa shape index (κ1) is 23.2. The predicted octanol–water partition coefficient (Wildman–Crippen LogP) is 3.45. The number of carbonyl (C=O) groups excluding carboxylic acids is 1. The minimum Gasteiger partial charge on any atom is -0.380 e. The molecule has 32 heavy (non-hydrogen) atoms. The first-order chi connectivity index (χ1) is 15.4. The van der Waals surface area contributed by atoms with Gasteiger partial charge in [-0.1, -0.05) is 30.0 Å². The predicted molar refractivity (Wildman–Crippen MR) is 124 cm³/mol. The molecular formula is C23H24N6O2S. The molecule has 0 spiro atoms. The van der Waals surface area contributed by atoms with Crippen molar-refractivity contribution >= 4 is 23.9 Å². The molecule has 0 aliphatic carbocycles. The monoisotopic (exact) mass is 448 g/mol. The van der Waals surface area contributed by atoms with Crippen molar-refractivity contribution in [3.05, 3.63) is 70.2 Å². The summed E-state index contributed by atoms with van der Waals surface area (Å²) in [6.45, 7) is 6.01. The minimum atomic E-state index is -0.294. The van der Waals surface area contributed by atoms with Crippen molar-refractivity contribution in [1.82, 2.24) is 20.2 Å². The van der Waals surface area contributed by atoms with E-state index in [1.807, 2.05) is 61.9 Å². The standard InChI is InChI=1S/C23H24N6O2S/c1-15-10-18(13-31-4)20(11-24)23(26-15)32-14-22(30)27-25-12-21-16(2)28-29(17(21)3)19-8-6-5-7-9-19/h5-10,12H,13-14H2,1-4H3,(H,27,30)/b25-12+. The number of methoxy groups -OCH3 is 1. The average Bonchev–Trinajstić information content (AvgIpc) is 3.06. The van der Waals surface area contributed by atoms with Crippen LogP contribution in [0.15, 0.2) is 46.5 Å². The fourth-order valence-corrected chi connectivity index (χ4v) is 4.06. The van der Waals surface area contributed by atoms with Crippen LogP contribution in [0.25, 0.3) is 5.69 Å². The van der Waals surface area contributed by atoms with Gasteiger partial charge in [-0.3, -0.25) is 4.79 Å². The van der Waals surface area contributed by atoms with Crippen molar-refractivity contribution in [3.8, 4) is 11.8 Å². The van der Waals surface area contributed by atoms with Gasteiger partial charge < -0.3 is 4.74 Å². The molecule has 0 aliphatic heterocycles. The van der Waals surface area contributed by atoms with Gasteiger partial charge in [-0.2, -0.15) is 15.5 Å². The van der Waals surface area contributed by atoms with Crippen LogP contribution < -0.4 is 5.43 Å². The van der Waals surface area contributed by atoms with E-state index >= 15 is 0 Å². The number of pyridine rings is 1.